The molecule has 2 N–H and O–H groups in total. The van der Waals surface area contributed by atoms with E-state index in [0.717, 1.165) is 15.4 Å². The maximum atomic E-state index is 11.9. The predicted octanol–water partition coefficient (Wildman–Crippen LogP) is 2.57. The molecular weight excluding hydrogens is 296 g/mol. The fourth-order valence-corrected chi connectivity index (χ4v) is 2.70. The fourth-order valence-electron chi connectivity index (χ4n) is 2.01. The van der Waals surface area contributed by atoms with Gasteiger partial charge in [-0.25, -0.2) is 4.98 Å². The second-order valence-electron chi connectivity index (χ2n) is 5.17. The molecule has 22 heavy (non-hydrogen) atoms. The number of hydrogen-bond acceptors (Lipinski definition) is 4. The van der Waals surface area contributed by atoms with Crippen LogP contribution >= 0.6 is 11.3 Å². The third-order valence-electron chi connectivity index (χ3n) is 3.27. The molecule has 1 aromatic carbocycles. The molecule has 5 heteroatoms. The van der Waals surface area contributed by atoms with Crippen LogP contribution in [0.3, 0.4) is 0 Å². The fraction of sp³-hybridized carbons (Fsp3) is 0.294. The minimum Gasteiger partial charge on any atom is -0.391 e. The van der Waals surface area contributed by atoms with Crippen molar-refractivity contribution in [3.05, 3.63) is 58.1 Å². The van der Waals surface area contributed by atoms with Gasteiger partial charge in [-0.3, -0.25) is 4.79 Å². The first-order valence-electron chi connectivity index (χ1n) is 7.17. The summed E-state index contributed by atoms with van der Waals surface area (Å²) in [7, 11) is 0. The topological polar surface area (TPSA) is 62.2 Å². The Bertz CT molecular complexity index is 637. The van der Waals surface area contributed by atoms with Gasteiger partial charge in [0.05, 0.1) is 17.2 Å². The summed E-state index contributed by atoms with van der Waals surface area (Å²) in [4.78, 5) is 16.9. The number of hydrogen-bond donors (Lipinski definition) is 2. The molecule has 0 bridgehead atoms. The van der Waals surface area contributed by atoms with Crippen molar-refractivity contribution in [3.8, 4) is 0 Å². The SMILES string of the molecule is Cc1ncc(/C=C/C(=O)NC(C)C(O)Cc2ccccc2)s1. The van der Waals surface area contributed by atoms with E-state index in [1.54, 1.807) is 19.2 Å². The lowest BCUT2D eigenvalue weighted by Gasteiger charge is -2.19. The van der Waals surface area contributed by atoms with Crippen molar-refractivity contribution in [1.82, 2.24) is 10.3 Å². The first-order valence-corrected chi connectivity index (χ1v) is 7.99. The molecule has 2 rings (SSSR count). The predicted molar refractivity (Wildman–Crippen MR) is 89.6 cm³/mol. The number of nitrogens with zero attached hydrogens (tertiary/aromatic N) is 1. The van der Waals surface area contributed by atoms with E-state index in [4.69, 9.17) is 0 Å². The number of aliphatic hydroxyl groups excluding tert-OH is 1. The van der Waals surface area contributed by atoms with Crippen molar-refractivity contribution in [3.63, 3.8) is 0 Å². The Morgan fingerprint density at radius 2 is 2.14 bits per heavy atom. The minimum atomic E-state index is -0.620. The first kappa shape index (κ1) is 16.4. The Kier molecular flexibility index (Phi) is 5.86. The van der Waals surface area contributed by atoms with Gasteiger partial charge in [-0.2, -0.15) is 0 Å². The van der Waals surface area contributed by atoms with E-state index in [0.29, 0.717) is 6.42 Å². The van der Waals surface area contributed by atoms with Gasteiger partial charge in [-0.1, -0.05) is 30.3 Å². The number of rotatable bonds is 6. The molecular formula is C17H20N2O2S. The summed E-state index contributed by atoms with van der Waals surface area (Å²) in [5.74, 6) is -0.217. The summed E-state index contributed by atoms with van der Waals surface area (Å²) < 4.78 is 0. The van der Waals surface area contributed by atoms with E-state index in [1.807, 2.05) is 37.3 Å². The number of aryl methyl sites for hydroxylation is 1. The lowest BCUT2D eigenvalue weighted by atomic mass is 10.0. The molecule has 1 aromatic heterocycles. The van der Waals surface area contributed by atoms with Crippen LogP contribution in [0.25, 0.3) is 6.08 Å². The summed E-state index contributed by atoms with van der Waals surface area (Å²) in [5, 5.41) is 13.9. The third kappa shape index (κ3) is 5.09. The molecule has 2 aromatic rings. The van der Waals surface area contributed by atoms with Crippen molar-refractivity contribution in [2.24, 2.45) is 0 Å². The van der Waals surface area contributed by atoms with Crippen LogP contribution in [0, 0.1) is 6.92 Å². The van der Waals surface area contributed by atoms with Gasteiger partial charge in [-0.05, 0) is 25.5 Å². The zero-order valence-corrected chi connectivity index (χ0v) is 13.5. The molecule has 0 saturated heterocycles. The molecule has 0 aliphatic heterocycles. The molecule has 1 amide bonds. The molecule has 0 radical (unpaired) electrons. The Hall–Kier alpha value is -1.98. The van der Waals surface area contributed by atoms with Crippen LogP contribution in [0.2, 0.25) is 0 Å². The van der Waals surface area contributed by atoms with E-state index >= 15 is 0 Å². The highest BCUT2D eigenvalue weighted by Gasteiger charge is 2.15. The van der Waals surface area contributed by atoms with Crippen molar-refractivity contribution < 1.29 is 9.90 Å². The standard InChI is InChI=1S/C17H20N2O2S/c1-12(16(20)10-14-6-4-3-5-7-14)19-17(21)9-8-15-11-18-13(2)22-15/h3-9,11-12,16,20H,10H2,1-2H3,(H,19,21)/b9-8+. The van der Waals surface area contributed by atoms with Crippen LogP contribution in [0.4, 0.5) is 0 Å². The van der Waals surface area contributed by atoms with Crippen LogP contribution in [-0.2, 0) is 11.2 Å². The molecule has 2 unspecified atom stereocenters. The van der Waals surface area contributed by atoms with Crippen LogP contribution in [0.5, 0.6) is 0 Å². The lowest BCUT2D eigenvalue weighted by Crippen LogP contribution is -2.41. The van der Waals surface area contributed by atoms with E-state index in [-0.39, 0.29) is 11.9 Å². The van der Waals surface area contributed by atoms with Gasteiger partial charge in [0.2, 0.25) is 5.91 Å². The monoisotopic (exact) mass is 316 g/mol. The highest BCUT2D eigenvalue weighted by Crippen LogP contribution is 2.13. The van der Waals surface area contributed by atoms with Gasteiger partial charge in [0.1, 0.15) is 0 Å². The number of carbonyl (C=O) groups excluding carboxylic acids is 1. The number of aliphatic hydroxyl groups is 1. The highest BCUT2D eigenvalue weighted by molar-refractivity contribution is 7.12. The van der Waals surface area contributed by atoms with Crippen LogP contribution in [0.15, 0.2) is 42.6 Å². The number of thiazole rings is 1. The van der Waals surface area contributed by atoms with E-state index in [9.17, 15) is 9.90 Å². The second-order valence-corrected chi connectivity index (χ2v) is 6.44. The molecule has 0 saturated carbocycles. The van der Waals surface area contributed by atoms with Crippen LogP contribution < -0.4 is 5.32 Å². The van der Waals surface area contributed by atoms with Gasteiger partial charge >= 0.3 is 0 Å². The number of benzene rings is 1. The zero-order chi connectivity index (χ0) is 15.9. The maximum Gasteiger partial charge on any atom is 0.244 e. The molecule has 116 valence electrons. The molecule has 2 atom stereocenters. The molecule has 4 nitrogen and oxygen atoms in total. The van der Waals surface area contributed by atoms with E-state index in [2.05, 4.69) is 10.3 Å². The van der Waals surface area contributed by atoms with Crippen molar-refractivity contribution in [2.75, 3.05) is 0 Å². The third-order valence-corrected chi connectivity index (χ3v) is 4.15. The van der Waals surface area contributed by atoms with Gasteiger partial charge in [0.25, 0.3) is 0 Å². The van der Waals surface area contributed by atoms with Crippen molar-refractivity contribution >= 4 is 23.3 Å². The molecule has 1 heterocycles. The number of aromatic nitrogens is 1. The van der Waals surface area contributed by atoms with Gasteiger partial charge in [0.15, 0.2) is 0 Å². The van der Waals surface area contributed by atoms with Gasteiger partial charge < -0.3 is 10.4 Å². The highest BCUT2D eigenvalue weighted by atomic mass is 32.1. The number of amides is 1. The molecule has 0 fully saturated rings. The molecule has 0 aliphatic rings. The molecule has 0 aliphatic carbocycles. The summed E-state index contributed by atoms with van der Waals surface area (Å²) in [6.45, 7) is 3.72. The van der Waals surface area contributed by atoms with E-state index < -0.39 is 6.10 Å². The van der Waals surface area contributed by atoms with Crippen molar-refractivity contribution in [2.45, 2.75) is 32.4 Å². The lowest BCUT2D eigenvalue weighted by molar-refractivity contribution is -0.117. The largest absolute Gasteiger partial charge is 0.391 e. The van der Waals surface area contributed by atoms with Crippen molar-refractivity contribution in [1.29, 1.82) is 0 Å². The number of nitrogens with one attached hydrogen (secondary N) is 1. The molecule has 0 spiro atoms. The normalized spacial score (nSPS) is 14.0. The summed E-state index contributed by atoms with van der Waals surface area (Å²) in [6.07, 6.45) is 4.83. The second kappa shape index (κ2) is 7.87. The quantitative estimate of drug-likeness (QED) is 0.805. The summed E-state index contributed by atoms with van der Waals surface area (Å²) in [5.41, 5.74) is 1.05. The Balaban J connectivity index is 1.84. The van der Waals surface area contributed by atoms with Crippen LogP contribution in [0.1, 0.15) is 22.4 Å². The summed E-state index contributed by atoms with van der Waals surface area (Å²) in [6, 6.07) is 9.41. The van der Waals surface area contributed by atoms with Gasteiger partial charge in [-0.15, -0.1) is 11.3 Å². The average molecular weight is 316 g/mol. The Labute approximate surface area is 134 Å². The Morgan fingerprint density at radius 3 is 2.77 bits per heavy atom. The minimum absolute atomic E-state index is 0.217. The van der Waals surface area contributed by atoms with Crippen LogP contribution in [-0.4, -0.2) is 28.1 Å². The Morgan fingerprint density at radius 1 is 1.41 bits per heavy atom. The van der Waals surface area contributed by atoms with E-state index in [1.165, 1.54) is 17.4 Å². The maximum absolute atomic E-state index is 11.9. The number of carbonyl (C=O) groups is 1. The average Bonchev–Trinajstić information content (AvgIpc) is 2.92. The summed E-state index contributed by atoms with van der Waals surface area (Å²) >= 11 is 1.53. The first-order chi connectivity index (χ1) is 10.5. The van der Waals surface area contributed by atoms with Gasteiger partial charge in [0, 0.05) is 23.6 Å². The zero-order valence-electron chi connectivity index (χ0n) is 12.7. The smallest absolute Gasteiger partial charge is 0.244 e.